The van der Waals surface area contributed by atoms with Gasteiger partial charge in [-0.1, -0.05) is 65.0 Å². The van der Waals surface area contributed by atoms with Crippen molar-refractivity contribution in [2.75, 3.05) is 0 Å². The van der Waals surface area contributed by atoms with Gasteiger partial charge < -0.3 is 20.8 Å². The lowest BCUT2D eigenvalue weighted by Gasteiger charge is -2.72. The molecule has 5 saturated carbocycles. The summed E-state index contributed by atoms with van der Waals surface area (Å²) in [5.41, 5.74) is 2.98. The van der Waals surface area contributed by atoms with Gasteiger partial charge in [0, 0.05) is 5.54 Å². The Morgan fingerprint density at radius 2 is 1.48 bits per heavy atom. The van der Waals surface area contributed by atoms with E-state index >= 15 is 0 Å². The first-order valence-electron chi connectivity index (χ1n) is 18.5. The van der Waals surface area contributed by atoms with Crippen molar-refractivity contribution in [3.8, 4) is 0 Å². The van der Waals surface area contributed by atoms with E-state index in [9.17, 15) is 24.6 Å². The molecule has 7 heteroatoms. The van der Waals surface area contributed by atoms with Gasteiger partial charge in [0.15, 0.2) is 0 Å². The van der Waals surface area contributed by atoms with Gasteiger partial charge in [-0.15, -0.1) is 0 Å². The van der Waals surface area contributed by atoms with Gasteiger partial charge in [-0.3, -0.25) is 0 Å². The van der Waals surface area contributed by atoms with E-state index < -0.39 is 17.5 Å². The summed E-state index contributed by atoms with van der Waals surface area (Å²) in [7, 11) is 0. The van der Waals surface area contributed by atoms with Crippen molar-refractivity contribution in [3.63, 3.8) is 0 Å². The number of benzene rings is 1. The third-order valence-electron chi connectivity index (χ3n) is 16.0. The Morgan fingerprint density at radius 3 is 2.08 bits per heavy atom. The maximum Gasteiger partial charge on any atom is 0.335 e. The smallest absolute Gasteiger partial charge is 0.335 e. The molecule has 2 amide bonds. The molecule has 0 heterocycles. The van der Waals surface area contributed by atoms with E-state index in [1.807, 2.05) is 12.1 Å². The molecule has 7 rings (SSSR count). The highest BCUT2D eigenvalue weighted by molar-refractivity contribution is 5.89. The Balaban J connectivity index is 1.19. The first-order valence-corrected chi connectivity index (χ1v) is 18.5. The number of urea groups is 1. The normalized spacial score (nSPS) is 41.7. The van der Waals surface area contributed by atoms with Gasteiger partial charge in [-0.25, -0.2) is 14.4 Å². The van der Waals surface area contributed by atoms with E-state index in [1.54, 1.807) is 12.1 Å². The number of rotatable bonds is 6. The average Bonchev–Trinajstić information content (AvgIpc) is 3.69. The van der Waals surface area contributed by atoms with E-state index in [2.05, 4.69) is 64.8 Å². The van der Waals surface area contributed by atoms with Crippen LogP contribution in [0.1, 0.15) is 128 Å². The van der Waals surface area contributed by atoms with Crippen LogP contribution >= 0.6 is 0 Å². The molecule has 0 radical (unpaired) electrons. The zero-order valence-electron chi connectivity index (χ0n) is 29.9. The third kappa shape index (κ3) is 4.54. The molecule has 0 bridgehead atoms. The molecular formula is C41H56N2O5. The number of nitrogens with one attached hydrogen (secondary N) is 2. The molecule has 9 atom stereocenters. The zero-order valence-corrected chi connectivity index (χ0v) is 29.9. The molecule has 48 heavy (non-hydrogen) atoms. The third-order valence-corrected chi connectivity index (χ3v) is 16.0. The van der Waals surface area contributed by atoms with E-state index in [0.29, 0.717) is 48.0 Å². The second kappa shape index (κ2) is 10.7. The van der Waals surface area contributed by atoms with Crippen LogP contribution in [0.2, 0.25) is 0 Å². The Hall–Kier alpha value is -3.09. The number of carbonyl (C=O) groups is 3. The predicted octanol–water partition coefficient (Wildman–Crippen LogP) is 8.70. The monoisotopic (exact) mass is 656 g/mol. The van der Waals surface area contributed by atoms with Crippen molar-refractivity contribution >= 4 is 23.5 Å². The first-order chi connectivity index (χ1) is 22.4. The molecule has 7 nitrogen and oxygen atoms in total. The topological polar surface area (TPSA) is 116 Å². The molecule has 6 aliphatic rings. The lowest BCUT2D eigenvalue weighted by molar-refractivity contribution is -0.218. The van der Waals surface area contributed by atoms with Crippen molar-refractivity contribution in [1.82, 2.24) is 10.6 Å². The molecule has 0 unspecified atom stereocenters. The van der Waals surface area contributed by atoms with Gasteiger partial charge in [0.25, 0.3) is 0 Å². The van der Waals surface area contributed by atoms with Crippen molar-refractivity contribution in [2.45, 2.75) is 123 Å². The van der Waals surface area contributed by atoms with Crippen LogP contribution in [0.5, 0.6) is 0 Å². The Labute approximate surface area is 286 Å². The molecule has 0 aliphatic heterocycles. The highest BCUT2D eigenvalue weighted by atomic mass is 16.4. The van der Waals surface area contributed by atoms with E-state index in [1.165, 1.54) is 30.4 Å². The van der Waals surface area contributed by atoms with Crippen LogP contribution in [0.25, 0.3) is 5.57 Å². The summed E-state index contributed by atoms with van der Waals surface area (Å²) >= 11 is 0. The predicted molar refractivity (Wildman–Crippen MR) is 187 cm³/mol. The summed E-state index contributed by atoms with van der Waals surface area (Å²) in [4.78, 5) is 36.9. The summed E-state index contributed by atoms with van der Waals surface area (Å²) in [6.07, 6.45) is 13.1. The maximum atomic E-state index is 13.5. The number of carboxylic acid groups (broad SMARTS) is 2. The summed E-state index contributed by atoms with van der Waals surface area (Å²) in [5, 5.41) is 25.5. The van der Waals surface area contributed by atoms with Crippen LogP contribution in [0.15, 0.2) is 42.5 Å². The number of aromatic carboxylic acids is 1. The Bertz CT molecular complexity index is 1590. The SMILES string of the molecule is C=C(C)[C@@H]1CC[C@]2(NC(=O)NC3(C(=O)O)CC3)CC[C@]3(C)[C@H](CC[C@@H]4[C@@]5(C)CC=C(c6ccc(C(=O)O)cc6)C(C)(C)[C@@H]5CC[C@]43C)[C@@H]12. The molecule has 0 spiro atoms. The molecule has 0 aromatic heterocycles. The summed E-state index contributed by atoms with van der Waals surface area (Å²) in [6, 6.07) is 7.15. The number of carboxylic acids is 2. The van der Waals surface area contributed by atoms with Crippen molar-refractivity contribution in [1.29, 1.82) is 0 Å². The van der Waals surface area contributed by atoms with E-state index in [-0.39, 0.29) is 33.2 Å². The maximum absolute atomic E-state index is 13.5. The minimum Gasteiger partial charge on any atom is -0.480 e. The fourth-order valence-electron chi connectivity index (χ4n) is 13.2. The minimum absolute atomic E-state index is 0.0405. The van der Waals surface area contributed by atoms with E-state index in [4.69, 9.17) is 0 Å². The number of fused-ring (bicyclic) bond motifs is 7. The Kier molecular flexibility index (Phi) is 7.45. The van der Waals surface area contributed by atoms with Gasteiger partial charge in [0.05, 0.1) is 5.56 Å². The molecule has 5 fully saturated rings. The first kappa shape index (κ1) is 33.4. The lowest BCUT2D eigenvalue weighted by atomic mass is 9.33. The van der Waals surface area contributed by atoms with Crippen LogP contribution in [-0.4, -0.2) is 39.3 Å². The van der Waals surface area contributed by atoms with Crippen molar-refractivity contribution in [2.24, 2.45) is 51.2 Å². The molecule has 4 N–H and O–H groups in total. The number of aliphatic carboxylic acids is 1. The number of hydrogen-bond acceptors (Lipinski definition) is 3. The molecule has 6 aliphatic carbocycles. The summed E-state index contributed by atoms with van der Waals surface area (Å²) < 4.78 is 0. The second-order valence-corrected chi connectivity index (χ2v) is 18.2. The average molecular weight is 657 g/mol. The van der Waals surface area contributed by atoms with Crippen LogP contribution in [0.4, 0.5) is 4.79 Å². The van der Waals surface area contributed by atoms with Crippen molar-refractivity contribution in [3.05, 3.63) is 53.6 Å². The van der Waals surface area contributed by atoms with E-state index in [0.717, 1.165) is 44.1 Å². The quantitative estimate of drug-likeness (QED) is 0.229. The zero-order chi connectivity index (χ0) is 34.7. The lowest BCUT2D eigenvalue weighted by Crippen LogP contribution is -2.69. The Morgan fingerprint density at radius 1 is 0.792 bits per heavy atom. The fraction of sp³-hybridized carbons (Fsp3) is 0.683. The van der Waals surface area contributed by atoms with Crippen LogP contribution in [0.3, 0.4) is 0 Å². The van der Waals surface area contributed by atoms with Gasteiger partial charge in [0.1, 0.15) is 5.54 Å². The highest BCUT2D eigenvalue weighted by Crippen LogP contribution is 2.76. The van der Waals surface area contributed by atoms with Crippen LogP contribution in [0, 0.1) is 51.2 Å². The molecule has 1 aromatic carbocycles. The molecular weight excluding hydrogens is 600 g/mol. The fourth-order valence-corrected chi connectivity index (χ4v) is 13.2. The summed E-state index contributed by atoms with van der Waals surface area (Å²) in [5.74, 6) is 0.381. The van der Waals surface area contributed by atoms with Gasteiger partial charge in [-0.2, -0.15) is 0 Å². The molecule has 1 aromatic rings. The van der Waals surface area contributed by atoms with Gasteiger partial charge in [-0.05, 0) is 152 Å². The highest BCUT2D eigenvalue weighted by Gasteiger charge is 2.71. The van der Waals surface area contributed by atoms with Gasteiger partial charge >= 0.3 is 18.0 Å². The largest absolute Gasteiger partial charge is 0.480 e. The van der Waals surface area contributed by atoms with Crippen LogP contribution < -0.4 is 10.6 Å². The number of amides is 2. The molecule has 260 valence electrons. The standard InChI is InChI=1S/C41H56N2O5/c1-24(2)27-14-19-40(42-35(48)43-41(22-23-41)34(46)47)21-20-38(6)29(32(27)40)12-13-31-37(5)17-15-28(25-8-10-26(11-9-25)33(44)45)36(3,4)30(37)16-18-39(31,38)7/h8-11,15,27,29-32H,1,12-14,16-23H2,2-7H3,(H,44,45)(H,46,47)(H2,42,43,48)/t27-,29+,30-,31+,32+,37-,38+,39+,40-/m0/s1. The number of carbonyl (C=O) groups excluding carboxylic acids is 1. The summed E-state index contributed by atoms with van der Waals surface area (Å²) in [6.45, 7) is 19.3. The van der Waals surface area contributed by atoms with Gasteiger partial charge in [0.2, 0.25) is 0 Å². The minimum atomic E-state index is -1.10. The van der Waals surface area contributed by atoms with Crippen LogP contribution in [-0.2, 0) is 4.79 Å². The second-order valence-electron chi connectivity index (χ2n) is 18.2. The number of hydrogen-bond donors (Lipinski definition) is 4. The van der Waals surface area contributed by atoms with Crippen molar-refractivity contribution < 1.29 is 24.6 Å². The molecule has 0 saturated heterocycles. The number of allylic oxidation sites excluding steroid dienone is 3.